The minimum absolute atomic E-state index is 0.0186. The standard InChI is InChI=1S/C23H20F4N2O6S2/c1-29(22(30)35-17-9-7-16(24)8-10-17)14-13-28-37(33,34)21-15-19(11-12-20(21)23(25,26)27)36(31,32)18-5-3-2-4-6-18/h2-12,15,28H,13-14H2,1H3. The van der Waals surface area contributed by atoms with Crippen LogP contribution >= 0.6 is 0 Å². The second kappa shape index (κ2) is 10.9. The van der Waals surface area contributed by atoms with Gasteiger partial charge in [0.2, 0.25) is 19.9 Å². The van der Waals surface area contributed by atoms with Crippen LogP contribution < -0.4 is 9.46 Å². The van der Waals surface area contributed by atoms with E-state index in [1.807, 2.05) is 4.72 Å². The molecule has 0 fully saturated rings. The highest BCUT2D eigenvalue weighted by Crippen LogP contribution is 2.36. The number of benzene rings is 3. The van der Waals surface area contributed by atoms with Crippen LogP contribution in [0.3, 0.4) is 0 Å². The molecule has 0 spiro atoms. The molecule has 198 valence electrons. The molecule has 1 N–H and O–H groups in total. The van der Waals surface area contributed by atoms with Gasteiger partial charge in [0.15, 0.2) is 0 Å². The number of amides is 1. The van der Waals surface area contributed by atoms with Crippen molar-refractivity contribution in [2.45, 2.75) is 20.9 Å². The number of sulfone groups is 1. The van der Waals surface area contributed by atoms with Crippen LogP contribution in [0.4, 0.5) is 22.4 Å². The molecule has 0 radical (unpaired) electrons. The van der Waals surface area contributed by atoms with Crippen molar-refractivity contribution in [3.8, 4) is 5.75 Å². The molecule has 0 aliphatic heterocycles. The van der Waals surface area contributed by atoms with Crippen molar-refractivity contribution in [1.29, 1.82) is 0 Å². The summed E-state index contributed by atoms with van der Waals surface area (Å²) >= 11 is 0. The van der Waals surface area contributed by atoms with Crippen LogP contribution in [0, 0.1) is 5.82 Å². The number of sulfonamides is 1. The molecule has 37 heavy (non-hydrogen) atoms. The van der Waals surface area contributed by atoms with Gasteiger partial charge in [0.25, 0.3) is 0 Å². The molecule has 8 nitrogen and oxygen atoms in total. The van der Waals surface area contributed by atoms with E-state index in [-0.39, 0.29) is 17.2 Å². The van der Waals surface area contributed by atoms with Crippen molar-refractivity contribution in [2.24, 2.45) is 0 Å². The Balaban J connectivity index is 1.80. The third-order valence-corrected chi connectivity index (χ3v) is 8.25. The molecule has 0 bridgehead atoms. The van der Waals surface area contributed by atoms with Gasteiger partial charge >= 0.3 is 12.3 Å². The minimum Gasteiger partial charge on any atom is -0.410 e. The molecule has 3 aromatic carbocycles. The monoisotopic (exact) mass is 560 g/mol. The maximum absolute atomic E-state index is 13.6. The van der Waals surface area contributed by atoms with E-state index in [4.69, 9.17) is 4.74 Å². The molecule has 0 aromatic heterocycles. The lowest BCUT2D eigenvalue weighted by Gasteiger charge is -2.18. The topological polar surface area (TPSA) is 110 Å². The van der Waals surface area contributed by atoms with Crippen molar-refractivity contribution in [2.75, 3.05) is 20.1 Å². The van der Waals surface area contributed by atoms with Gasteiger partial charge in [0, 0.05) is 20.1 Å². The van der Waals surface area contributed by atoms with Gasteiger partial charge in [-0.3, -0.25) is 0 Å². The van der Waals surface area contributed by atoms with Gasteiger partial charge in [0.1, 0.15) is 11.6 Å². The number of carbonyl (C=O) groups is 1. The summed E-state index contributed by atoms with van der Waals surface area (Å²) in [6.45, 7) is -0.840. The summed E-state index contributed by atoms with van der Waals surface area (Å²) in [7, 11) is -7.95. The first-order chi connectivity index (χ1) is 17.2. The molecule has 3 rings (SSSR count). The molecule has 1 amide bonds. The molecular formula is C23H20F4N2O6S2. The summed E-state index contributed by atoms with van der Waals surface area (Å²) in [6, 6.07) is 12.8. The predicted octanol–water partition coefficient (Wildman–Crippen LogP) is 4.09. The number of hydrogen-bond acceptors (Lipinski definition) is 6. The molecule has 0 unspecified atom stereocenters. The molecular weight excluding hydrogens is 540 g/mol. The van der Waals surface area contributed by atoms with E-state index >= 15 is 0 Å². The summed E-state index contributed by atoms with van der Waals surface area (Å²) in [5.74, 6) is -0.536. The zero-order valence-electron chi connectivity index (χ0n) is 19.1. The fraction of sp³-hybridized carbons (Fsp3) is 0.174. The molecule has 0 aliphatic carbocycles. The molecule has 0 saturated heterocycles. The van der Waals surface area contributed by atoms with Gasteiger partial charge < -0.3 is 9.64 Å². The zero-order chi connectivity index (χ0) is 27.4. The Morgan fingerprint density at radius 2 is 1.54 bits per heavy atom. The number of nitrogens with one attached hydrogen (secondary N) is 1. The summed E-state index contributed by atoms with van der Waals surface area (Å²) in [5.41, 5.74) is -1.56. The molecule has 3 aromatic rings. The summed E-state index contributed by atoms with van der Waals surface area (Å²) in [6.07, 6.45) is -6.03. The highest BCUT2D eigenvalue weighted by atomic mass is 32.2. The summed E-state index contributed by atoms with van der Waals surface area (Å²) in [5, 5.41) is 0. The number of carbonyl (C=O) groups excluding carboxylic acids is 1. The van der Waals surface area contributed by atoms with Gasteiger partial charge in [-0.2, -0.15) is 13.2 Å². The molecule has 0 aliphatic rings. The minimum atomic E-state index is -5.10. The zero-order valence-corrected chi connectivity index (χ0v) is 20.7. The SMILES string of the molecule is CN(CCNS(=O)(=O)c1cc(S(=O)(=O)c2ccccc2)ccc1C(F)(F)F)C(=O)Oc1ccc(F)cc1. The number of hydrogen-bond donors (Lipinski definition) is 1. The van der Waals surface area contributed by atoms with Crippen molar-refractivity contribution in [1.82, 2.24) is 9.62 Å². The van der Waals surface area contributed by atoms with Crippen molar-refractivity contribution >= 4 is 26.0 Å². The average molecular weight is 561 g/mol. The van der Waals surface area contributed by atoms with Crippen molar-refractivity contribution in [3.05, 3.63) is 84.2 Å². The molecule has 0 heterocycles. The average Bonchev–Trinajstić information content (AvgIpc) is 2.84. The van der Waals surface area contributed by atoms with Crippen LogP contribution in [0.15, 0.2) is 87.5 Å². The quantitative estimate of drug-likeness (QED) is 0.416. The van der Waals surface area contributed by atoms with Gasteiger partial charge in [-0.1, -0.05) is 18.2 Å². The van der Waals surface area contributed by atoms with Crippen LogP contribution in [0.25, 0.3) is 0 Å². The predicted molar refractivity (Wildman–Crippen MR) is 124 cm³/mol. The van der Waals surface area contributed by atoms with E-state index < -0.39 is 59.8 Å². The molecule has 14 heteroatoms. The van der Waals surface area contributed by atoms with E-state index in [1.165, 1.54) is 49.5 Å². The van der Waals surface area contributed by atoms with E-state index in [9.17, 15) is 39.2 Å². The largest absolute Gasteiger partial charge is 0.417 e. The lowest BCUT2D eigenvalue weighted by molar-refractivity contribution is -0.139. The summed E-state index contributed by atoms with van der Waals surface area (Å²) in [4.78, 5) is 10.9. The Morgan fingerprint density at radius 3 is 2.14 bits per heavy atom. The number of likely N-dealkylation sites (N-methyl/N-ethyl adjacent to an activating group) is 1. The second-order valence-electron chi connectivity index (χ2n) is 7.61. The van der Waals surface area contributed by atoms with Crippen molar-refractivity contribution in [3.63, 3.8) is 0 Å². The molecule has 0 saturated carbocycles. The first kappa shape index (κ1) is 28.1. The Bertz CT molecular complexity index is 1480. The van der Waals surface area contributed by atoms with Crippen LogP contribution in [-0.4, -0.2) is 48.0 Å². The number of alkyl halides is 3. The number of rotatable bonds is 8. The maximum atomic E-state index is 13.6. The van der Waals surface area contributed by atoms with Crippen LogP contribution in [-0.2, 0) is 26.0 Å². The lowest BCUT2D eigenvalue weighted by Crippen LogP contribution is -2.38. The first-order valence-electron chi connectivity index (χ1n) is 10.4. The summed E-state index contributed by atoms with van der Waals surface area (Å²) < 4.78 is 112. The van der Waals surface area contributed by atoms with Gasteiger partial charge in [0.05, 0.1) is 20.2 Å². The van der Waals surface area contributed by atoms with Crippen LogP contribution in [0.1, 0.15) is 5.56 Å². The number of nitrogens with zero attached hydrogens (tertiary/aromatic N) is 1. The van der Waals surface area contributed by atoms with Crippen LogP contribution in [0.2, 0.25) is 0 Å². The van der Waals surface area contributed by atoms with E-state index in [0.29, 0.717) is 18.2 Å². The van der Waals surface area contributed by atoms with Crippen LogP contribution in [0.5, 0.6) is 5.75 Å². The Hall–Kier alpha value is -3.49. The van der Waals surface area contributed by atoms with Gasteiger partial charge in [-0.15, -0.1) is 0 Å². The lowest BCUT2D eigenvalue weighted by atomic mass is 10.2. The third-order valence-electron chi connectivity index (χ3n) is 4.98. The van der Waals surface area contributed by atoms with E-state index in [2.05, 4.69) is 0 Å². The highest BCUT2D eigenvalue weighted by Gasteiger charge is 2.38. The third kappa shape index (κ3) is 6.84. The van der Waals surface area contributed by atoms with E-state index in [0.717, 1.165) is 17.0 Å². The van der Waals surface area contributed by atoms with Crippen molar-refractivity contribution < 1.29 is 43.9 Å². The maximum Gasteiger partial charge on any atom is 0.417 e. The highest BCUT2D eigenvalue weighted by molar-refractivity contribution is 7.91. The van der Waals surface area contributed by atoms with Gasteiger partial charge in [-0.25, -0.2) is 30.7 Å². The smallest absolute Gasteiger partial charge is 0.410 e. The number of ether oxygens (including phenoxy) is 1. The Kier molecular flexibility index (Phi) is 8.25. The normalized spacial score (nSPS) is 12.2. The second-order valence-corrected chi connectivity index (χ2v) is 11.3. The first-order valence-corrected chi connectivity index (χ1v) is 13.4. The Labute approximate surface area is 210 Å². The van der Waals surface area contributed by atoms with E-state index in [1.54, 1.807) is 0 Å². The fourth-order valence-electron chi connectivity index (χ4n) is 3.06. The molecule has 0 atom stereocenters. The fourth-order valence-corrected chi connectivity index (χ4v) is 5.71. The Morgan fingerprint density at radius 1 is 0.919 bits per heavy atom. The number of halogens is 4. The van der Waals surface area contributed by atoms with Gasteiger partial charge in [-0.05, 0) is 54.6 Å².